The van der Waals surface area contributed by atoms with E-state index in [1.54, 1.807) is 18.2 Å². The lowest BCUT2D eigenvalue weighted by Crippen LogP contribution is -2.50. The molecule has 3 atom stereocenters. The van der Waals surface area contributed by atoms with Crippen LogP contribution in [-0.4, -0.2) is 84.8 Å². The predicted molar refractivity (Wildman–Crippen MR) is 189 cm³/mol. The highest BCUT2D eigenvalue weighted by molar-refractivity contribution is 5.96. The van der Waals surface area contributed by atoms with Crippen molar-refractivity contribution in [1.82, 2.24) is 20.5 Å². The standard InChI is InChI=1S/C38H48N6O5/c1-25-32(7-6-8-33(25)48-5)36(46)41-28-21-30-14-15-31(22-28)44(30)34-16-11-27(24-39-34)35(45)40-23-26-9-12-29(13-10-26)42-17-19-43(20-18-42)37(47)49-38(2,3)4/h6-13,16,24,28,30-31H,14-15,17-23H2,1-5H3,(H,40,45)(H,41,46)/t28?,30-,31+. The average molecular weight is 669 g/mol. The van der Waals surface area contributed by atoms with Crippen LogP contribution in [0.3, 0.4) is 0 Å². The molecule has 2 N–H and O–H groups in total. The van der Waals surface area contributed by atoms with E-state index in [9.17, 15) is 14.4 Å². The number of carbonyl (C=O) groups excluding carboxylic acids is 3. The Bertz CT molecular complexity index is 1630. The molecule has 3 amide bonds. The molecule has 3 aliphatic heterocycles. The van der Waals surface area contributed by atoms with Crippen molar-refractivity contribution >= 4 is 29.4 Å². The van der Waals surface area contributed by atoms with Gasteiger partial charge in [-0.05, 0) is 95.3 Å². The van der Waals surface area contributed by atoms with Crippen molar-refractivity contribution in [3.8, 4) is 5.75 Å². The fraction of sp³-hybridized carbons (Fsp3) is 0.474. The second-order valence-corrected chi connectivity index (χ2v) is 14.3. The molecule has 2 aromatic carbocycles. The van der Waals surface area contributed by atoms with Crippen LogP contribution in [0.15, 0.2) is 60.8 Å². The normalized spacial score (nSPS) is 20.5. The largest absolute Gasteiger partial charge is 0.496 e. The van der Waals surface area contributed by atoms with Crippen LogP contribution in [0.25, 0.3) is 0 Å². The van der Waals surface area contributed by atoms with Crippen molar-refractivity contribution in [2.24, 2.45) is 0 Å². The third kappa shape index (κ3) is 7.92. The first kappa shape index (κ1) is 34.1. The smallest absolute Gasteiger partial charge is 0.410 e. The van der Waals surface area contributed by atoms with Crippen LogP contribution >= 0.6 is 0 Å². The molecule has 0 spiro atoms. The van der Waals surface area contributed by atoms with E-state index in [1.807, 2.05) is 70.2 Å². The van der Waals surface area contributed by atoms with Crippen molar-refractivity contribution in [2.45, 2.75) is 83.6 Å². The maximum Gasteiger partial charge on any atom is 0.410 e. The number of carbonyl (C=O) groups is 3. The zero-order valence-corrected chi connectivity index (χ0v) is 29.2. The van der Waals surface area contributed by atoms with E-state index in [2.05, 4.69) is 32.6 Å². The maximum atomic E-state index is 13.1. The lowest BCUT2D eigenvalue weighted by Gasteiger charge is -2.40. The molecule has 3 saturated heterocycles. The highest BCUT2D eigenvalue weighted by Gasteiger charge is 2.42. The molecular formula is C38H48N6O5. The molecule has 0 radical (unpaired) electrons. The highest BCUT2D eigenvalue weighted by Crippen LogP contribution is 2.39. The Hall–Kier alpha value is -4.80. The minimum absolute atomic E-state index is 0.0612. The number of amides is 3. The Kier molecular flexibility index (Phi) is 9.99. The van der Waals surface area contributed by atoms with Crippen molar-refractivity contribution in [2.75, 3.05) is 43.1 Å². The molecule has 2 bridgehead atoms. The van der Waals surface area contributed by atoms with Gasteiger partial charge < -0.3 is 34.8 Å². The monoisotopic (exact) mass is 668 g/mol. The molecule has 6 rings (SSSR count). The van der Waals surface area contributed by atoms with Gasteiger partial charge in [-0.25, -0.2) is 9.78 Å². The lowest BCUT2D eigenvalue weighted by atomic mass is 9.96. The van der Waals surface area contributed by atoms with Gasteiger partial charge in [-0.1, -0.05) is 18.2 Å². The summed E-state index contributed by atoms with van der Waals surface area (Å²) in [5.41, 5.74) is 3.60. The van der Waals surface area contributed by atoms with Gasteiger partial charge in [0, 0.05) is 73.9 Å². The van der Waals surface area contributed by atoms with Gasteiger partial charge in [-0.2, -0.15) is 0 Å². The summed E-state index contributed by atoms with van der Waals surface area (Å²) in [5.74, 6) is 1.36. The van der Waals surface area contributed by atoms with E-state index in [-0.39, 0.29) is 23.9 Å². The quantitative estimate of drug-likeness (QED) is 0.332. The number of piperazine rings is 1. The number of fused-ring (bicyclic) bond motifs is 2. The molecule has 3 aliphatic rings. The highest BCUT2D eigenvalue weighted by atomic mass is 16.6. The Morgan fingerprint density at radius 1 is 0.898 bits per heavy atom. The summed E-state index contributed by atoms with van der Waals surface area (Å²) in [6, 6.07) is 18.2. The van der Waals surface area contributed by atoms with Gasteiger partial charge in [0.05, 0.1) is 12.7 Å². The molecule has 260 valence electrons. The summed E-state index contributed by atoms with van der Waals surface area (Å²) in [6.07, 6.45) is 5.22. The van der Waals surface area contributed by atoms with E-state index in [4.69, 9.17) is 14.5 Å². The number of hydrogen-bond donors (Lipinski definition) is 2. The number of methoxy groups -OCH3 is 1. The summed E-state index contributed by atoms with van der Waals surface area (Å²) >= 11 is 0. The van der Waals surface area contributed by atoms with Crippen LogP contribution in [0.2, 0.25) is 0 Å². The molecule has 1 unspecified atom stereocenters. The van der Waals surface area contributed by atoms with Crippen molar-refractivity contribution in [3.63, 3.8) is 0 Å². The fourth-order valence-electron chi connectivity index (χ4n) is 7.27. The minimum Gasteiger partial charge on any atom is -0.496 e. The van der Waals surface area contributed by atoms with Crippen LogP contribution < -0.4 is 25.2 Å². The number of nitrogens with one attached hydrogen (secondary N) is 2. The topological polar surface area (TPSA) is 116 Å². The molecule has 4 heterocycles. The van der Waals surface area contributed by atoms with Crippen LogP contribution in [0.1, 0.15) is 78.3 Å². The van der Waals surface area contributed by atoms with E-state index >= 15 is 0 Å². The Labute approximate surface area is 289 Å². The van der Waals surface area contributed by atoms with E-state index in [0.717, 1.165) is 61.4 Å². The molecule has 1 aromatic heterocycles. The first-order valence-corrected chi connectivity index (χ1v) is 17.3. The third-order valence-corrected chi connectivity index (χ3v) is 9.78. The van der Waals surface area contributed by atoms with Crippen molar-refractivity contribution < 1.29 is 23.9 Å². The third-order valence-electron chi connectivity index (χ3n) is 9.78. The van der Waals surface area contributed by atoms with E-state index < -0.39 is 5.60 Å². The number of anilines is 2. The summed E-state index contributed by atoms with van der Waals surface area (Å²) in [6.45, 7) is 10.6. The lowest BCUT2D eigenvalue weighted by molar-refractivity contribution is 0.0240. The molecule has 0 saturated carbocycles. The number of aromatic nitrogens is 1. The summed E-state index contributed by atoms with van der Waals surface area (Å²) in [7, 11) is 1.62. The zero-order chi connectivity index (χ0) is 34.7. The number of benzene rings is 2. The molecule has 3 aromatic rings. The number of hydrogen-bond acceptors (Lipinski definition) is 8. The van der Waals surface area contributed by atoms with Crippen molar-refractivity contribution in [3.05, 3.63) is 83.0 Å². The SMILES string of the molecule is COc1cccc(C(=O)NC2C[C@H]3CC[C@@H](C2)N3c2ccc(C(=O)NCc3ccc(N4CCN(C(=O)OC(C)(C)C)CC4)cc3)cn2)c1C. The van der Waals surface area contributed by atoms with Crippen molar-refractivity contribution in [1.29, 1.82) is 0 Å². The first-order valence-electron chi connectivity index (χ1n) is 17.3. The Morgan fingerprint density at radius 3 is 2.20 bits per heavy atom. The molecule has 11 heteroatoms. The number of piperidine rings is 1. The number of pyridine rings is 1. The van der Waals surface area contributed by atoms with Gasteiger partial charge in [0.15, 0.2) is 0 Å². The molecular weight excluding hydrogens is 620 g/mol. The summed E-state index contributed by atoms with van der Waals surface area (Å²) in [5, 5.41) is 6.28. The van der Waals surface area contributed by atoms with E-state index in [0.29, 0.717) is 48.6 Å². The average Bonchev–Trinajstić information content (AvgIpc) is 3.36. The van der Waals surface area contributed by atoms with Crippen LogP contribution in [0.5, 0.6) is 5.75 Å². The Morgan fingerprint density at radius 2 is 1.59 bits per heavy atom. The van der Waals surface area contributed by atoms with Crippen LogP contribution in [-0.2, 0) is 11.3 Å². The van der Waals surface area contributed by atoms with Gasteiger partial charge >= 0.3 is 6.09 Å². The minimum atomic E-state index is -0.502. The Balaban J connectivity index is 0.972. The van der Waals surface area contributed by atoms with Gasteiger partial charge in [-0.3, -0.25) is 9.59 Å². The summed E-state index contributed by atoms with van der Waals surface area (Å²) in [4.78, 5) is 49.6. The first-order chi connectivity index (χ1) is 23.5. The molecule has 0 aliphatic carbocycles. The van der Waals surface area contributed by atoms with Crippen LogP contribution in [0.4, 0.5) is 16.3 Å². The maximum absolute atomic E-state index is 13.1. The number of ether oxygens (including phenoxy) is 2. The van der Waals surface area contributed by atoms with Crippen LogP contribution in [0, 0.1) is 6.92 Å². The second kappa shape index (κ2) is 14.4. The van der Waals surface area contributed by atoms with Gasteiger partial charge in [0.2, 0.25) is 0 Å². The molecule has 11 nitrogen and oxygen atoms in total. The van der Waals surface area contributed by atoms with E-state index in [1.165, 1.54) is 0 Å². The van der Waals surface area contributed by atoms with Gasteiger partial charge in [0.25, 0.3) is 11.8 Å². The molecule has 49 heavy (non-hydrogen) atoms. The predicted octanol–water partition coefficient (Wildman–Crippen LogP) is 5.32. The number of rotatable bonds is 8. The van der Waals surface area contributed by atoms with Gasteiger partial charge in [0.1, 0.15) is 17.2 Å². The molecule has 3 fully saturated rings. The summed E-state index contributed by atoms with van der Waals surface area (Å²) < 4.78 is 10.9. The second-order valence-electron chi connectivity index (χ2n) is 14.3. The fourth-order valence-corrected chi connectivity index (χ4v) is 7.27. The van der Waals surface area contributed by atoms with Gasteiger partial charge in [-0.15, -0.1) is 0 Å². The zero-order valence-electron chi connectivity index (χ0n) is 29.2. The number of nitrogens with zero attached hydrogens (tertiary/aromatic N) is 4.